The number of allylic oxidation sites excluding steroid dienone is 1. The second kappa shape index (κ2) is 8.17. The zero-order valence-electron chi connectivity index (χ0n) is 21.6. The van der Waals surface area contributed by atoms with E-state index < -0.39 is 0 Å². The Hall–Kier alpha value is -3.19. The first-order valence-corrected chi connectivity index (χ1v) is 13.9. The van der Waals surface area contributed by atoms with Gasteiger partial charge in [0.2, 0.25) is 0 Å². The molecule has 7 rings (SSSR count). The van der Waals surface area contributed by atoms with Gasteiger partial charge in [0.05, 0.1) is 0 Å². The van der Waals surface area contributed by atoms with Crippen LogP contribution in [0.2, 0.25) is 0 Å². The Balaban J connectivity index is 1.46. The minimum absolute atomic E-state index is 0.0248. The van der Waals surface area contributed by atoms with Crippen LogP contribution in [0.3, 0.4) is 0 Å². The van der Waals surface area contributed by atoms with Gasteiger partial charge in [0.15, 0.2) is 18.3 Å². The third-order valence-electron chi connectivity index (χ3n) is 9.63. The van der Waals surface area contributed by atoms with Crippen molar-refractivity contribution in [3.05, 3.63) is 107 Å². The SMILES string of the molecule is CC1(C)C2=CCc3ccccc3[C@]2(C2CCCCC2)C=[N+]1Cc1c2ccccc2cc2ccccc12. The molecular formula is C35H36N+. The van der Waals surface area contributed by atoms with Crippen molar-refractivity contribution < 1.29 is 4.58 Å². The van der Waals surface area contributed by atoms with Gasteiger partial charge in [-0.15, -0.1) is 0 Å². The fourth-order valence-electron chi connectivity index (χ4n) is 7.88. The molecular weight excluding hydrogens is 434 g/mol. The van der Waals surface area contributed by atoms with E-state index in [0.29, 0.717) is 5.92 Å². The summed E-state index contributed by atoms with van der Waals surface area (Å²) in [7, 11) is 0. The molecule has 0 amide bonds. The van der Waals surface area contributed by atoms with E-state index in [1.54, 1.807) is 11.1 Å². The lowest BCUT2D eigenvalue weighted by Gasteiger charge is -2.42. The Morgan fingerprint density at radius 2 is 1.42 bits per heavy atom. The second-order valence-corrected chi connectivity index (χ2v) is 11.8. The molecule has 1 saturated carbocycles. The Morgan fingerprint density at radius 1 is 0.778 bits per heavy atom. The van der Waals surface area contributed by atoms with Gasteiger partial charge in [-0.05, 0) is 63.9 Å². The van der Waals surface area contributed by atoms with Crippen molar-refractivity contribution in [3.63, 3.8) is 0 Å². The first kappa shape index (κ1) is 22.0. The predicted octanol–water partition coefficient (Wildman–Crippen LogP) is 8.37. The molecule has 1 aliphatic heterocycles. The normalized spacial score (nSPS) is 23.3. The number of rotatable bonds is 3. The van der Waals surface area contributed by atoms with Crippen LogP contribution in [0.4, 0.5) is 0 Å². The Kier molecular flexibility index (Phi) is 5.00. The monoisotopic (exact) mass is 470 g/mol. The molecule has 36 heavy (non-hydrogen) atoms. The topological polar surface area (TPSA) is 3.01 Å². The molecule has 0 spiro atoms. The maximum Gasteiger partial charge on any atom is 0.179 e. The van der Waals surface area contributed by atoms with Gasteiger partial charge in [-0.2, -0.15) is 0 Å². The second-order valence-electron chi connectivity index (χ2n) is 11.8. The average Bonchev–Trinajstić information content (AvgIpc) is 3.16. The maximum absolute atomic E-state index is 2.71. The molecule has 0 aromatic heterocycles. The average molecular weight is 471 g/mol. The molecule has 3 aliphatic rings. The van der Waals surface area contributed by atoms with Crippen LogP contribution in [0.5, 0.6) is 0 Å². The molecule has 1 atom stereocenters. The van der Waals surface area contributed by atoms with Gasteiger partial charge < -0.3 is 0 Å². The van der Waals surface area contributed by atoms with E-state index in [0.717, 1.165) is 13.0 Å². The van der Waals surface area contributed by atoms with E-state index in [9.17, 15) is 0 Å². The van der Waals surface area contributed by atoms with E-state index in [1.165, 1.54) is 64.8 Å². The van der Waals surface area contributed by atoms with Crippen LogP contribution in [0.1, 0.15) is 62.6 Å². The summed E-state index contributed by atoms with van der Waals surface area (Å²) in [4.78, 5) is 0. The summed E-state index contributed by atoms with van der Waals surface area (Å²) in [5.74, 6) is 0.687. The smallest absolute Gasteiger partial charge is 0.179 e. The third-order valence-corrected chi connectivity index (χ3v) is 9.63. The Labute approximate surface area is 215 Å². The molecule has 1 nitrogen and oxygen atoms in total. The van der Waals surface area contributed by atoms with Gasteiger partial charge in [0.25, 0.3) is 0 Å². The van der Waals surface area contributed by atoms with Crippen molar-refractivity contribution in [2.75, 3.05) is 0 Å². The molecule has 0 unspecified atom stereocenters. The summed E-state index contributed by atoms with van der Waals surface area (Å²) in [6, 6.07) is 29.6. The van der Waals surface area contributed by atoms with Crippen molar-refractivity contribution in [2.45, 2.75) is 69.9 Å². The molecule has 0 radical (unpaired) electrons. The quantitative estimate of drug-likeness (QED) is 0.161. The van der Waals surface area contributed by atoms with Crippen LogP contribution >= 0.6 is 0 Å². The van der Waals surface area contributed by atoms with Crippen molar-refractivity contribution in [1.29, 1.82) is 0 Å². The Morgan fingerprint density at radius 3 is 2.14 bits per heavy atom. The van der Waals surface area contributed by atoms with Crippen molar-refractivity contribution in [3.8, 4) is 0 Å². The summed E-state index contributed by atoms with van der Waals surface area (Å²) in [5, 5.41) is 5.45. The summed E-state index contributed by atoms with van der Waals surface area (Å²) in [5.41, 5.74) is 6.20. The number of benzene rings is 4. The Bertz CT molecular complexity index is 1490. The highest BCUT2D eigenvalue weighted by molar-refractivity contribution is 6.02. The molecule has 180 valence electrons. The third kappa shape index (κ3) is 3.11. The maximum atomic E-state index is 2.71. The minimum atomic E-state index is -0.0248. The lowest BCUT2D eigenvalue weighted by atomic mass is 9.57. The molecule has 4 aromatic rings. The van der Waals surface area contributed by atoms with Gasteiger partial charge in [0.1, 0.15) is 5.41 Å². The number of fused-ring (bicyclic) bond motifs is 5. The van der Waals surface area contributed by atoms with Gasteiger partial charge in [-0.1, -0.05) is 98.1 Å². The molecule has 4 aromatic carbocycles. The lowest BCUT2D eigenvalue weighted by molar-refractivity contribution is -0.594. The van der Waals surface area contributed by atoms with Crippen LogP contribution in [-0.4, -0.2) is 16.3 Å². The van der Waals surface area contributed by atoms with Crippen LogP contribution < -0.4 is 0 Å². The van der Waals surface area contributed by atoms with Crippen molar-refractivity contribution in [2.24, 2.45) is 5.92 Å². The highest BCUT2D eigenvalue weighted by atomic mass is 15.1. The van der Waals surface area contributed by atoms with E-state index in [-0.39, 0.29) is 11.0 Å². The molecule has 0 saturated heterocycles. The molecule has 1 fully saturated rings. The van der Waals surface area contributed by atoms with Crippen molar-refractivity contribution in [1.82, 2.24) is 0 Å². The zero-order chi connectivity index (χ0) is 24.3. The summed E-state index contributed by atoms with van der Waals surface area (Å²) in [6.07, 6.45) is 13.2. The van der Waals surface area contributed by atoms with Gasteiger partial charge in [0, 0.05) is 25.0 Å². The van der Waals surface area contributed by atoms with Gasteiger partial charge >= 0.3 is 0 Å². The van der Waals surface area contributed by atoms with Crippen molar-refractivity contribution >= 4 is 27.8 Å². The van der Waals surface area contributed by atoms with E-state index in [1.807, 2.05) is 0 Å². The molecule has 1 heteroatoms. The fraction of sp³-hybridized carbons (Fsp3) is 0.343. The van der Waals surface area contributed by atoms with Gasteiger partial charge in [-0.25, -0.2) is 4.58 Å². The standard InChI is InChI=1S/C35H36N/c1-34(2)33-21-20-25-12-8-11-19-32(25)35(33,28-15-4-3-5-16-28)24-36(34)23-31-29-17-9-6-13-26(29)22-27-14-7-10-18-30(27)31/h6-14,17-19,21-22,24,28H,3-5,15-16,20,23H2,1-2H3/q+1/t35-/m1/s1. The predicted molar refractivity (Wildman–Crippen MR) is 152 cm³/mol. The molecule has 0 bridgehead atoms. The zero-order valence-corrected chi connectivity index (χ0v) is 21.6. The number of hydrogen-bond donors (Lipinski definition) is 0. The van der Waals surface area contributed by atoms with E-state index >= 15 is 0 Å². The largest absolute Gasteiger partial charge is 0.225 e. The van der Waals surface area contributed by atoms with Crippen LogP contribution in [-0.2, 0) is 18.4 Å². The number of hydrogen-bond acceptors (Lipinski definition) is 0. The summed E-state index contributed by atoms with van der Waals surface area (Å²) < 4.78 is 2.71. The molecule has 1 heterocycles. The first-order chi connectivity index (χ1) is 17.6. The minimum Gasteiger partial charge on any atom is -0.225 e. The summed E-state index contributed by atoms with van der Waals surface area (Å²) >= 11 is 0. The highest BCUT2D eigenvalue weighted by Crippen LogP contribution is 2.55. The van der Waals surface area contributed by atoms with E-state index in [4.69, 9.17) is 0 Å². The molecule has 0 N–H and O–H groups in total. The lowest BCUT2D eigenvalue weighted by Crippen LogP contribution is -2.44. The molecule has 2 aliphatic carbocycles. The van der Waals surface area contributed by atoms with Gasteiger partial charge in [-0.3, -0.25) is 0 Å². The van der Waals surface area contributed by atoms with Crippen LogP contribution in [0.25, 0.3) is 21.5 Å². The van der Waals surface area contributed by atoms with Crippen LogP contribution in [0.15, 0.2) is 90.5 Å². The van der Waals surface area contributed by atoms with E-state index in [2.05, 4.69) is 110 Å². The van der Waals surface area contributed by atoms with Crippen LogP contribution in [0, 0.1) is 5.92 Å². The first-order valence-electron chi connectivity index (χ1n) is 13.9. The number of nitrogens with zero attached hydrogens (tertiary/aromatic N) is 1. The highest BCUT2D eigenvalue weighted by Gasteiger charge is 2.60. The fourth-order valence-corrected chi connectivity index (χ4v) is 7.88. The summed E-state index contributed by atoms with van der Waals surface area (Å²) in [6.45, 7) is 5.88.